The number of hydrogen-bond acceptors (Lipinski definition) is 10. The Hall–Kier alpha value is -1.30. The Bertz CT molecular complexity index is 475. The van der Waals surface area contributed by atoms with E-state index in [0.29, 0.717) is 0 Å². The molecule has 10 heteroatoms. The van der Waals surface area contributed by atoms with Crippen molar-refractivity contribution in [3.63, 3.8) is 0 Å². The van der Waals surface area contributed by atoms with Crippen LogP contribution in [0.15, 0.2) is 0 Å². The average molecular weight is 391 g/mol. The normalized spacial score (nSPS) is 35.9. The standard InChI is InChI=1S/C17H29NO9/c1-9(19)26-15-11-13(24-7-21-4)14(25-8-22-5)12(18(11)3)16(17(15)23-6)27-10(2)20/h11-17H,7-8H2,1-6H3/t11-,12+,13+,14-,15+,16-,17?. The molecule has 2 bridgehead atoms. The molecule has 2 heterocycles. The third-order valence-corrected chi connectivity index (χ3v) is 4.89. The van der Waals surface area contributed by atoms with Gasteiger partial charge in [-0.25, -0.2) is 0 Å². The molecule has 10 nitrogen and oxygen atoms in total. The molecule has 27 heavy (non-hydrogen) atoms. The number of hydrogen-bond donors (Lipinski definition) is 0. The summed E-state index contributed by atoms with van der Waals surface area (Å²) in [5, 5.41) is 0. The highest BCUT2D eigenvalue weighted by atomic mass is 16.7. The van der Waals surface area contributed by atoms with Crippen LogP contribution in [0.1, 0.15) is 13.8 Å². The summed E-state index contributed by atoms with van der Waals surface area (Å²) in [7, 11) is 6.35. The van der Waals surface area contributed by atoms with Gasteiger partial charge in [0, 0.05) is 35.2 Å². The maximum absolute atomic E-state index is 11.7. The first-order valence-corrected chi connectivity index (χ1v) is 8.67. The Morgan fingerprint density at radius 3 is 1.44 bits per heavy atom. The van der Waals surface area contributed by atoms with Gasteiger partial charge in [0.15, 0.2) is 0 Å². The molecule has 2 saturated heterocycles. The van der Waals surface area contributed by atoms with E-state index in [1.807, 2.05) is 11.9 Å². The van der Waals surface area contributed by atoms with Crippen molar-refractivity contribution in [2.24, 2.45) is 0 Å². The summed E-state index contributed by atoms with van der Waals surface area (Å²) < 4.78 is 38.6. The number of piperidine rings is 1. The molecule has 2 aliphatic rings. The summed E-state index contributed by atoms with van der Waals surface area (Å²) in [5.41, 5.74) is 0. The second-order valence-electron chi connectivity index (χ2n) is 6.57. The van der Waals surface area contributed by atoms with Crippen molar-refractivity contribution in [3.05, 3.63) is 0 Å². The minimum atomic E-state index is -0.726. The summed E-state index contributed by atoms with van der Waals surface area (Å²) >= 11 is 0. The molecule has 0 spiro atoms. The monoisotopic (exact) mass is 391 g/mol. The fraction of sp³-hybridized carbons (Fsp3) is 0.882. The van der Waals surface area contributed by atoms with Crippen LogP contribution in [-0.4, -0.2) is 101 Å². The predicted octanol–water partition coefficient (Wildman–Crippen LogP) is -0.461. The van der Waals surface area contributed by atoms with Gasteiger partial charge in [-0.2, -0.15) is 0 Å². The molecule has 0 aliphatic carbocycles. The van der Waals surface area contributed by atoms with Crippen LogP contribution in [0.4, 0.5) is 0 Å². The lowest BCUT2D eigenvalue weighted by molar-refractivity contribution is -0.202. The minimum absolute atomic E-state index is 0.0250. The first kappa shape index (κ1) is 22.0. The lowest BCUT2D eigenvalue weighted by Crippen LogP contribution is -2.65. The first-order chi connectivity index (χ1) is 12.9. The second-order valence-corrected chi connectivity index (χ2v) is 6.57. The number of likely N-dealkylation sites (N-methyl/N-ethyl adjacent to an activating group) is 1. The van der Waals surface area contributed by atoms with Gasteiger partial charge in [0.05, 0.1) is 12.1 Å². The third-order valence-electron chi connectivity index (χ3n) is 4.89. The molecule has 0 aromatic rings. The molecular weight excluding hydrogens is 362 g/mol. The molecule has 0 aromatic heterocycles. The van der Waals surface area contributed by atoms with Gasteiger partial charge in [-0.05, 0) is 7.05 Å². The number of nitrogens with zero attached hydrogens (tertiary/aromatic N) is 1. The molecule has 0 amide bonds. The topological polar surface area (TPSA) is 102 Å². The van der Waals surface area contributed by atoms with Crippen molar-refractivity contribution in [2.45, 2.75) is 56.5 Å². The van der Waals surface area contributed by atoms with E-state index >= 15 is 0 Å². The maximum atomic E-state index is 11.7. The Labute approximate surface area is 158 Å². The number of rotatable bonds is 9. The summed E-state index contributed by atoms with van der Waals surface area (Å²) in [6.07, 6.45) is -3.16. The Balaban J connectivity index is 2.45. The van der Waals surface area contributed by atoms with Crippen LogP contribution in [0, 0.1) is 0 Å². The van der Waals surface area contributed by atoms with Gasteiger partial charge >= 0.3 is 11.9 Å². The molecule has 0 N–H and O–H groups in total. The number of carbonyl (C=O) groups is 2. The van der Waals surface area contributed by atoms with E-state index in [-0.39, 0.29) is 25.7 Å². The average Bonchev–Trinajstić information content (AvgIpc) is 2.81. The fourth-order valence-corrected chi connectivity index (χ4v) is 4.07. The van der Waals surface area contributed by atoms with E-state index in [0.717, 1.165) is 0 Å². The van der Waals surface area contributed by atoms with Crippen LogP contribution < -0.4 is 0 Å². The highest BCUT2D eigenvalue weighted by molar-refractivity contribution is 5.67. The second kappa shape index (κ2) is 9.76. The molecule has 2 aliphatic heterocycles. The molecule has 7 atom stereocenters. The van der Waals surface area contributed by atoms with Gasteiger partial charge in [0.2, 0.25) is 0 Å². The molecule has 156 valence electrons. The van der Waals surface area contributed by atoms with Crippen molar-refractivity contribution in [1.29, 1.82) is 0 Å². The summed E-state index contributed by atoms with van der Waals surface area (Å²) in [5.74, 6) is -0.940. The van der Waals surface area contributed by atoms with Gasteiger partial charge in [0.1, 0.15) is 44.1 Å². The van der Waals surface area contributed by atoms with Crippen LogP contribution in [0.5, 0.6) is 0 Å². The van der Waals surface area contributed by atoms with Crippen LogP contribution in [-0.2, 0) is 42.7 Å². The highest BCUT2D eigenvalue weighted by Gasteiger charge is 2.64. The third kappa shape index (κ3) is 4.58. The van der Waals surface area contributed by atoms with E-state index in [1.165, 1.54) is 35.2 Å². The lowest BCUT2D eigenvalue weighted by atomic mass is 9.93. The molecular formula is C17H29NO9. The van der Waals surface area contributed by atoms with Crippen LogP contribution in [0.3, 0.4) is 0 Å². The SMILES string of the molecule is COCO[C@@H]1[C@H](OCOC)[C@H]2[C@@H](OC(C)=O)C(OC)[C@@H](OC(C)=O)[C@@H]1N2C. The number of fused-ring (bicyclic) bond motifs is 2. The zero-order valence-corrected chi connectivity index (χ0v) is 16.6. The van der Waals surface area contributed by atoms with Crippen LogP contribution in [0.25, 0.3) is 0 Å². The van der Waals surface area contributed by atoms with Gasteiger partial charge in [-0.15, -0.1) is 0 Å². The van der Waals surface area contributed by atoms with Crippen molar-refractivity contribution in [1.82, 2.24) is 4.90 Å². The Morgan fingerprint density at radius 2 is 1.15 bits per heavy atom. The molecule has 0 radical (unpaired) electrons. The van der Waals surface area contributed by atoms with Gasteiger partial charge in [-0.1, -0.05) is 0 Å². The van der Waals surface area contributed by atoms with Crippen molar-refractivity contribution < 1.29 is 42.7 Å². The van der Waals surface area contributed by atoms with Crippen LogP contribution in [0.2, 0.25) is 0 Å². The van der Waals surface area contributed by atoms with Crippen LogP contribution >= 0.6 is 0 Å². The molecule has 1 unspecified atom stereocenters. The number of esters is 2. The zero-order valence-electron chi connectivity index (χ0n) is 16.6. The molecule has 2 rings (SSSR count). The van der Waals surface area contributed by atoms with E-state index in [2.05, 4.69) is 0 Å². The molecule has 0 aromatic carbocycles. The maximum Gasteiger partial charge on any atom is 0.303 e. The zero-order chi connectivity index (χ0) is 20.1. The fourth-order valence-electron chi connectivity index (χ4n) is 4.07. The number of carbonyl (C=O) groups excluding carboxylic acids is 2. The van der Waals surface area contributed by atoms with E-state index < -0.39 is 42.5 Å². The first-order valence-electron chi connectivity index (χ1n) is 8.67. The largest absolute Gasteiger partial charge is 0.458 e. The van der Waals surface area contributed by atoms with Crippen molar-refractivity contribution >= 4 is 11.9 Å². The van der Waals surface area contributed by atoms with E-state index in [9.17, 15) is 9.59 Å². The molecule has 2 fully saturated rings. The minimum Gasteiger partial charge on any atom is -0.458 e. The summed E-state index contributed by atoms with van der Waals surface area (Å²) in [6.45, 7) is 2.69. The summed E-state index contributed by atoms with van der Waals surface area (Å²) in [6, 6.07) is -0.764. The summed E-state index contributed by atoms with van der Waals surface area (Å²) in [4.78, 5) is 25.4. The number of ether oxygens (including phenoxy) is 7. The predicted molar refractivity (Wildman–Crippen MR) is 90.7 cm³/mol. The van der Waals surface area contributed by atoms with Crippen molar-refractivity contribution in [3.8, 4) is 0 Å². The Morgan fingerprint density at radius 1 is 0.741 bits per heavy atom. The van der Waals surface area contributed by atoms with E-state index in [4.69, 9.17) is 33.2 Å². The smallest absolute Gasteiger partial charge is 0.303 e. The van der Waals surface area contributed by atoms with E-state index in [1.54, 1.807) is 0 Å². The van der Waals surface area contributed by atoms with Gasteiger partial charge in [-0.3, -0.25) is 14.5 Å². The molecule has 0 saturated carbocycles. The van der Waals surface area contributed by atoms with Crippen molar-refractivity contribution in [2.75, 3.05) is 42.0 Å². The number of methoxy groups -OCH3 is 3. The highest BCUT2D eigenvalue weighted by Crippen LogP contribution is 2.42. The van der Waals surface area contributed by atoms with Gasteiger partial charge < -0.3 is 33.2 Å². The Kier molecular flexibility index (Phi) is 7.95. The quantitative estimate of drug-likeness (QED) is 0.379. The van der Waals surface area contributed by atoms with Gasteiger partial charge in [0.25, 0.3) is 0 Å². The lowest BCUT2D eigenvalue weighted by Gasteiger charge is -2.45.